The highest BCUT2D eigenvalue weighted by molar-refractivity contribution is 6.01. The van der Waals surface area contributed by atoms with E-state index in [0.29, 0.717) is 5.75 Å². The monoisotopic (exact) mass is 498 g/mol. The van der Waals surface area contributed by atoms with Gasteiger partial charge in [-0.3, -0.25) is 9.59 Å². The van der Waals surface area contributed by atoms with Gasteiger partial charge in [-0.1, -0.05) is 19.1 Å². The molecule has 3 atom stereocenters. The number of nitrogens with one attached hydrogen (secondary N) is 1. The number of hydrogen-bond acceptors (Lipinski definition) is 4. The Morgan fingerprint density at radius 1 is 1.05 bits per heavy atom. The highest BCUT2D eigenvalue weighted by Gasteiger charge is 2.49. The molecule has 37 heavy (non-hydrogen) atoms. The van der Waals surface area contributed by atoms with Crippen molar-refractivity contribution in [2.24, 2.45) is 11.8 Å². The van der Waals surface area contributed by atoms with E-state index in [2.05, 4.69) is 10.4 Å². The van der Waals surface area contributed by atoms with Gasteiger partial charge in [0, 0.05) is 17.0 Å². The molecule has 1 unspecified atom stereocenters. The van der Waals surface area contributed by atoms with Crippen molar-refractivity contribution in [1.82, 2.24) is 15.1 Å². The average molecular weight is 499 g/mol. The molecular weight excluding hydrogens is 471 g/mol. The molecule has 2 fully saturated rings. The van der Waals surface area contributed by atoms with Gasteiger partial charge in [-0.05, 0) is 73.0 Å². The van der Waals surface area contributed by atoms with Gasteiger partial charge in [0.2, 0.25) is 11.8 Å². The Balaban J connectivity index is 1.42. The molecule has 0 radical (unpaired) electrons. The molecule has 0 bridgehead atoms. The van der Waals surface area contributed by atoms with E-state index in [1.807, 2.05) is 49.4 Å². The molecule has 1 aliphatic heterocycles. The van der Waals surface area contributed by atoms with Crippen LogP contribution in [0.5, 0.6) is 5.75 Å². The van der Waals surface area contributed by atoms with Crippen molar-refractivity contribution in [3.8, 4) is 11.4 Å². The second kappa shape index (κ2) is 9.03. The molecule has 1 aliphatic carbocycles. The zero-order valence-electron chi connectivity index (χ0n) is 20.6. The van der Waals surface area contributed by atoms with Crippen LogP contribution in [0, 0.1) is 17.7 Å². The summed E-state index contributed by atoms with van der Waals surface area (Å²) in [6.07, 6.45) is 3.52. The molecule has 1 N–H and O–H groups in total. The molecule has 188 valence electrons. The number of fused-ring (bicyclic) bond motifs is 1. The van der Waals surface area contributed by atoms with Crippen LogP contribution in [-0.2, 0) is 9.59 Å². The molecule has 2 heterocycles. The summed E-state index contributed by atoms with van der Waals surface area (Å²) in [7, 11) is 1.61. The first kappa shape index (κ1) is 23.2. The second-order valence-electron chi connectivity index (χ2n) is 9.80. The molecule has 1 saturated heterocycles. The lowest BCUT2D eigenvalue weighted by molar-refractivity contribution is -0.123. The van der Waals surface area contributed by atoms with Gasteiger partial charge < -0.3 is 15.0 Å². The fraction of sp³-hybridized carbons (Fsp3) is 0.276. The third kappa shape index (κ3) is 4.12. The van der Waals surface area contributed by atoms with Crippen molar-refractivity contribution in [3.63, 3.8) is 0 Å². The molecule has 1 aromatic heterocycles. The first-order valence-corrected chi connectivity index (χ1v) is 12.5. The summed E-state index contributed by atoms with van der Waals surface area (Å²) in [4.78, 5) is 28.3. The molecular formula is C29H27FN4O3. The van der Waals surface area contributed by atoms with E-state index >= 15 is 0 Å². The third-order valence-electron chi connectivity index (χ3n) is 7.38. The summed E-state index contributed by atoms with van der Waals surface area (Å²) < 4.78 is 20.6. The Labute approximate surface area is 213 Å². The quantitative estimate of drug-likeness (QED) is 0.415. The van der Waals surface area contributed by atoms with Gasteiger partial charge in [0.25, 0.3) is 0 Å². The summed E-state index contributed by atoms with van der Waals surface area (Å²) >= 11 is 0. The average Bonchev–Trinajstić information content (AvgIpc) is 3.65. The maximum atomic E-state index is 13.7. The van der Waals surface area contributed by atoms with Gasteiger partial charge in [-0.15, -0.1) is 0 Å². The van der Waals surface area contributed by atoms with E-state index in [1.54, 1.807) is 35.0 Å². The number of nitrogens with zero attached hydrogens (tertiary/aromatic N) is 3. The number of aromatic nitrogens is 2. The predicted octanol–water partition coefficient (Wildman–Crippen LogP) is 4.79. The van der Waals surface area contributed by atoms with Gasteiger partial charge in [0.15, 0.2) is 0 Å². The smallest absolute Gasteiger partial charge is 0.232 e. The molecule has 1 saturated carbocycles. The van der Waals surface area contributed by atoms with Crippen LogP contribution in [0.3, 0.4) is 0 Å². The third-order valence-corrected chi connectivity index (χ3v) is 7.38. The maximum absolute atomic E-state index is 13.7. The lowest BCUT2D eigenvalue weighted by atomic mass is 9.94. The minimum atomic E-state index is -0.406. The van der Waals surface area contributed by atoms with Crippen LogP contribution in [-0.4, -0.2) is 34.7 Å². The lowest BCUT2D eigenvalue weighted by Gasteiger charge is -2.30. The number of amides is 2. The Hall–Kier alpha value is -4.20. The Morgan fingerprint density at radius 3 is 2.54 bits per heavy atom. The lowest BCUT2D eigenvalue weighted by Crippen LogP contribution is -2.42. The molecule has 3 aromatic carbocycles. The van der Waals surface area contributed by atoms with Crippen molar-refractivity contribution >= 4 is 28.4 Å². The van der Waals surface area contributed by atoms with Crippen molar-refractivity contribution in [3.05, 3.63) is 84.3 Å². The van der Waals surface area contributed by atoms with E-state index in [9.17, 15) is 14.0 Å². The van der Waals surface area contributed by atoms with Crippen LogP contribution < -0.4 is 15.0 Å². The molecule has 6 rings (SSSR count). The summed E-state index contributed by atoms with van der Waals surface area (Å²) in [5, 5.41) is 8.52. The largest absolute Gasteiger partial charge is 0.497 e. The fourth-order valence-electron chi connectivity index (χ4n) is 5.20. The van der Waals surface area contributed by atoms with Crippen LogP contribution in [0.1, 0.15) is 31.4 Å². The summed E-state index contributed by atoms with van der Waals surface area (Å²) in [6.45, 7) is 1.87. The van der Waals surface area contributed by atoms with Crippen LogP contribution in [0.4, 0.5) is 10.1 Å². The highest BCUT2D eigenvalue weighted by atomic mass is 19.1. The Morgan fingerprint density at radius 2 is 1.81 bits per heavy atom. The van der Waals surface area contributed by atoms with Crippen molar-refractivity contribution in [1.29, 1.82) is 0 Å². The SMILES string of the molecule is COc1cccc([C@@H]2C(NC(=O)C3CC3)[C@H](C)C(=O)N2c2ccc3c(cnn3-c3ccc(F)cc3)c2)c1. The number of halogens is 1. The van der Waals surface area contributed by atoms with Crippen LogP contribution in [0.25, 0.3) is 16.6 Å². The van der Waals surface area contributed by atoms with Crippen molar-refractivity contribution in [2.75, 3.05) is 12.0 Å². The van der Waals surface area contributed by atoms with E-state index < -0.39 is 12.0 Å². The van der Waals surface area contributed by atoms with Gasteiger partial charge in [0.05, 0.1) is 42.5 Å². The number of anilines is 1. The predicted molar refractivity (Wildman–Crippen MR) is 138 cm³/mol. The molecule has 2 aliphatic rings. The molecule has 4 aromatic rings. The molecule has 7 nitrogen and oxygen atoms in total. The number of rotatable bonds is 6. The normalized spacial score (nSPS) is 21.4. The van der Waals surface area contributed by atoms with Crippen LogP contribution in [0.15, 0.2) is 72.9 Å². The Bertz CT molecular complexity index is 1490. The number of hydrogen-bond donors (Lipinski definition) is 1. The van der Waals surface area contributed by atoms with Crippen LogP contribution in [0.2, 0.25) is 0 Å². The maximum Gasteiger partial charge on any atom is 0.232 e. The number of carbonyl (C=O) groups excluding carboxylic acids is 2. The van der Waals surface area contributed by atoms with Gasteiger partial charge >= 0.3 is 0 Å². The van der Waals surface area contributed by atoms with Gasteiger partial charge in [-0.2, -0.15) is 5.10 Å². The number of carbonyl (C=O) groups is 2. The summed E-state index contributed by atoms with van der Waals surface area (Å²) in [5.41, 5.74) is 3.19. The van der Waals surface area contributed by atoms with Gasteiger partial charge in [-0.25, -0.2) is 9.07 Å². The standard InChI is InChI=1S/C29H27FN4O3/c1-17-26(32-28(35)18-6-7-18)27(19-4-3-5-24(15-19)37-2)33(29(17)36)23-12-13-25-20(14-23)16-31-34(25)22-10-8-21(30)9-11-22/h3-5,8-18,26-27H,6-7H2,1-2H3,(H,32,35)/t17-,26?,27+/m0/s1. The zero-order chi connectivity index (χ0) is 25.7. The van der Waals surface area contributed by atoms with Crippen LogP contribution >= 0.6 is 0 Å². The minimum absolute atomic E-state index is 0.00965. The van der Waals surface area contributed by atoms with Crippen molar-refractivity contribution in [2.45, 2.75) is 31.8 Å². The molecule has 0 spiro atoms. The number of ether oxygens (including phenoxy) is 1. The summed E-state index contributed by atoms with van der Waals surface area (Å²) in [6, 6.07) is 18.8. The van der Waals surface area contributed by atoms with Crippen molar-refractivity contribution < 1.29 is 18.7 Å². The zero-order valence-corrected chi connectivity index (χ0v) is 20.6. The van der Waals surface area contributed by atoms with E-state index in [-0.39, 0.29) is 29.6 Å². The second-order valence-corrected chi connectivity index (χ2v) is 9.80. The Kier molecular flexibility index (Phi) is 5.67. The minimum Gasteiger partial charge on any atom is -0.497 e. The highest BCUT2D eigenvalue weighted by Crippen LogP contribution is 2.42. The fourth-order valence-corrected chi connectivity index (χ4v) is 5.20. The van der Waals surface area contributed by atoms with E-state index in [1.165, 1.54) is 12.1 Å². The van der Waals surface area contributed by atoms with E-state index in [0.717, 1.165) is 40.7 Å². The van der Waals surface area contributed by atoms with E-state index in [4.69, 9.17) is 4.74 Å². The number of benzene rings is 3. The molecule has 8 heteroatoms. The summed E-state index contributed by atoms with van der Waals surface area (Å²) in [5.74, 6) is -0.0362. The number of methoxy groups -OCH3 is 1. The first-order chi connectivity index (χ1) is 17.9. The topological polar surface area (TPSA) is 76.5 Å². The molecule has 2 amide bonds. The first-order valence-electron chi connectivity index (χ1n) is 12.5. The van der Waals surface area contributed by atoms with Gasteiger partial charge in [0.1, 0.15) is 11.6 Å².